The molecule has 2 aliphatic heterocycles. The minimum atomic E-state index is 0.104. The van der Waals surface area contributed by atoms with Gasteiger partial charge in [0.05, 0.1) is 18.2 Å². The standard InChI is InChI=1S/C18H29N3O3/c1-13-17(14(2)24-19-13)12-20(3)18(22)15-5-4-8-21(11-15)16-6-9-23-10-7-16/h15-16H,4-12H2,1-3H3. The number of carbonyl (C=O) groups is 1. The molecule has 6 heteroatoms. The van der Waals surface area contributed by atoms with E-state index in [2.05, 4.69) is 10.1 Å². The van der Waals surface area contributed by atoms with Crippen LogP contribution in [0.4, 0.5) is 0 Å². The molecule has 6 nitrogen and oxygen atoms in total. The van der Waals surface area contributed by atoms with Gasteiger partial charge in [-0.2, -0.15) is 0 Å². The highest BCUT2D eigenvalue weighted by Crippen LogP contribution is 2.25. The van der Waals surface area contributed by atoms with E-state index in [1.54, 1.807) is 0 Å². The number of hydrogen-bond acceptors (Lipinski definition) is 5. The maximum Gasteiger partial charge on any atom is 0.227 e. The van der Waals surface area contributed by atoms with Crippen LogP contribution in [0.5, 0.6) is 0 Å². The van der Waals surface area contributed by atoms with E-state index in [1.807, 2.05) is 25.8 Å². The Kier molecular flexibility index (Phi) is 5.56. The number of carbonyl (C=O) groups excluding carboxylic acids is 1. The van der Waals surface area contributed by atoms with Crippen LogP contribution in [0.2, 0.25) is 0 Å². The fourth-order valence-electron chi connectivity index (χ4n) is 3.94. The number of aryl methyl sites for hydroxylation is 2. The van der Waals surface area contributed by atoms with Gasteiger partial charge in [0, 0.05) is 38.4 Å². The molecular formula is C18H29N3O3. The van der Waals surface area contributed by atoms with Gasteiger partial charge < -0.3 is 14.2 Å². The predicted molar refractivity (Wildman–Crippen MR) is 90.6 cm³/mol. The van der Waals surface area contributed by atoms with Crippen LogP contribution in [0.3, 0.4) is 0 Å². The van der Waals surface area contributed by atoms with Gasteiger partial charge in [0.25, 0.3) is 0 Å². The summed E-state index contributed by atoms with van der Waals surface area (Å²) in [6.07, 6.45) is 4.28. The Balaban J connectivity index is 1.59. The van der Waals surface area contributed by atoms with Crippen LogP contribution in [-0.2, 0) is 16.1 Å². The molecule has 0 radical (unpaired) electrons. The quantitative estimate of drug-likeness (QED) is 0.844. The molecule has 134 valence electrons. The number of hydrogen-bond donors (Lipinski definition) is 0. The Hall–Kier alpha value is -1.40. The lowest BCUT2D eigenvalue weighted by Gasteiger charge is -2.40. The highest BCUT2D eigenvalue weighted by atomic mass is 16.5. The molecule has 24 heavy (non-hydrogen) atoms. The van der Waals surface area contributed by atoms with Crippen molar-refractivity contribution in [2.75, 3.05) is 33.4 Å². The largest absolute Gasteiger partial charge is 0.381 e. The van der Waals surface area contributed by atoms with Crippen molar-refractivity contribution >= 4 is 5.91 Å². The van der Waals surface area contributed by atoms with Gasteiger partial charge in [0.2, 0.25) is 5.91 Å². The molecule has 1 aromatic rings. The second-order valence-electron chi connectivity index (χ2n) is 7.17. The lowest BCUT2D eigenvalue weighted by Crippen LogP contribution is -2.48. The van der Waals surface area contributed by atoms with E-state index in [9.17, 15) is 4.79 Å². The summed E-state index contributed by atoms with van der Waals surface area (Å²) >= 11 is 0. The van der Waals surface area contributed by atoms with Gasteiger partial charge in [-0.25, -0.2) is 0 Å². The third kappa shape index (κ3) is 3.81. The molecule has 0 bridgehead atoms. The molecule has 1 amide bonds. The zero-order chi connectivity index (χ0) is 17.1. The summed E-state index contributed by atoms with van der Waals surface area (Å²) < 4.78 is 10.7. The van der Waals surface area contributed by atoms with Crippen molar-refractivity contribution < 1.29 is 14.1 Å². The van der Waals surface area contributed by atoms with Gasteiger partial charge in [0.15, 0.2) is 0 Å². The van der Waals surface area contributed by atoms with Crippen molar-refractivity contribution in [1.29, 1.82) is 0 Å². The lowest BCUT2D eigenvalue weighted by atomic mass is 9.93. The summed E-state index contributed by atoms with van der Waals surface area (Å²) in [5.74, 6) is 1.15. The summed E-state index contributed by atoms with van der Waals surface area (Å²) in [7, 11) is 1.89. The van der Waals surface area contributed by atoms with E-state index in [0.29, 0.717) is 12.6 Å². The average molecular weight is 335 g/mol. The summed E-state index contributed by atoms with van der Waals surface area (Å²) in [6, 6.07) is 0.585. The molecule has 0 aliphatic carbocycles. The fourth-order valence-corrected chi connectivity index (χ4v) is 3.94. The Morgan fingerprint density at radius 3 is 2.71 bits per heavy atom. The van der Waals surface area contributed by atoms with E-state index >= 15 is 0 Å². The van der Waals surface area contributed by atoms with Gasteiger partial charge >= 0.3 is 0 Å². The smallest absolute Gasteiger partial charge is 0.227 e. The monoisotopic (exact) mass is 335 g/mol. The minimum Gasteiger partial charge on any atom is -0.381 e. The van der Waals surface area contributed by atoms with Crippen LogP contribution >= 0.6 is 0 Å². The van der Waals surface area contributed by atoms with Crippen LogP contribution in [0.15, 0.2) is 4.52 Å². The molecule has 0 saturated carbocycles. The number of nitrogens with zero attached hydrogens (tertiary/aromatic N) is 3. The molecule has 1 unspecified atom stereocenters. The maximum absolute atomic E-state index is 12.9. The summed E-state index contributed by atoms with van der Waals surface area (Å²) in [5, 5.41) is 3.98. The van der Waals surface area contributed by atoms with Gasteiger partial charge in [-0.15, -0.1) is 0 Å². The van der Waals surface area contributed by atoms with Gasteiger partial charge in [-0.3, -0.25) is 9.69 Å². The molecule has 0 aromatic carbocycles. The topological polar surface area (TPSA) is 58.8 Å². The highest BCUT2D eigenvalue weighted by molar-refractivity contribution is 5.79. The fraction of sp³-hybridized carbons (Fsp3) is 0.778. The van der Waals surface area contributed by atoms with Crippen molar-refractivity contribution in [3.05, 3.63) is 17.0 Å². The third-order valence-electron chi connectivity index (χ3n) is 5.46. The molecule has 3 heterocycles. The number of likely N-dealkylation sites (tertiary alicyclic amines) is 1. The molecule has 2 fully saturated rings. The molecule has 0 N–H and O–H groups in total. The number of rotatable bonds is 4. The Morgan fingerprint density at radius 2 is 2.04 bits per heavy atom. The van der Waals surface area contributed by atoms with E-state index < -0.39 is 0 Å². The van der Waals surface area contributed by atoms with Gasteiger partial charge in [0.1, 0.15) is 5.76 Å². The van der Waals surface area contributed by atoms with Crippen LogP contribution in [0.25, 0.3) is 0 Å². The second kappa shape index (κ2) is 7.66. The highest BCUT2D eigenvalue weighted by Gasteiger charge is 2.32. The maximum atomic E-state index is 12.9. The lowest BCUT2D eigenvalue weighted by molar-refractivity contribution is -0.137. The molecule has 2 saturated heterocycles. The van der Waals surface area contributed by atoms with E-state index in [4.69, 9.17) is 9.26 Å². The van der Waals surface area contributed by atoms with Crippen molar-refractivity contribution in [3.8, 4) is 0 Å². The van der Waals surface area contributed by atoms with Gasteiger partial charge in [-0.1, -0.05) is 5.16 Å². The summed E-state index contributed by atoms with van der Waals surface area (Å²) in [6.45, 7) is 8.11. The van der Waals surface area contributed by atoms with Crippen molar-refractivity contribution in [2.24, 2.45) is 5.92 Å². The molecule has 2 aliphatic rings. The van der Waals surface area contributed by atoms with Gasteiger partial charge in [-0.05, 0) is 46.1 Å². The molecule has 1 atom stereocenters. The zero-order valence-corrected chi connectivity index (χ0v) is 15.1. The SMILES string of the molecule is Cc1noc(C)c1CN(C)C(=O)C1CCCN(C2CCOCC2)C1. The molecule has 3 rings (SSSR count). The normalized spacial score (nSPS) is 23.4. The van der Waals surface area contributed by atoms with Crippen molar-refractivity contribution in [1.82, 2.24) is 15.0 Å². The number of piperidine rings is 1. The molecule has 0 spiro atoms. The first kappa shape index (κ1) is 17.4. The van der Waals surface area contributed by atoms with Crippen molar-refractivity contribution in [3.63, 3.8) is 0 Å². The Morgan fingerprint density at radius 1 is 1.29 bits per heavy atom. The number of ether oxygens (including phenoxy) is 1. The first-order valence-corrected chi connectivity index (χ1v) is 9.04. The van der Waals surface area contributed by atoms with E-state index in [-0.39, 0.29) is 11.8 Å². The summed E-state index contributed by atoms with van der Waals surface area (Å²) in [5.41, 5.74) is 1.91. The number of amides is 1. The summed E-state index contributed by atoms with van der Waals surface area (Å²) in [4.78, 5) is 17.2. The van der Waals surface area contributed by atoms with E-state index in [1.165, 1.54) is 0 Å². The van der Waals surface area contributed by atoms with Crippen LogP contribution in [0.1, 0.15) is 42.7 Å². The van der Waals surface area contributed by atoms with Crippen molar-refractivity contribution in [2.45, 2.75) is 52.1 Å². The van der Waals surface area contributed by atoms with Crippen LogP contribution < -0.4 is 0 Å². The van der Waals surface area contributed by atoms with E-state index in [0.717, 1.165) is 69.0 Å². The first-order chi connectivity index (χ1) is 11.6. The second-order valence-corrected chi connectivity index (χ2v) is 7.17. The third-order valence-corrected chi connectivity index (χ3v) is 5.46. The Labute approximate surface area is 144 Å². The Bertz CT molecular complexity index is 546. The predicted octanol–water partition coefficient (Wildman–Crippen LogP) is 2.14. The average Bonchev–Trinajstić information content (AvgIpc) is 2.94. The minimum absolute atomic E-state index is 0.104. The van der Waals surface area contributed by atoms with Crippen LogP contribution in [-0.4, -0.2) is 60.3 Å². The number of aromatic nitrogens is 1. The zero-order valence-electron chi connectivity index (χ0n) is 15.1. The molecule has 1 aromatic heterocycles. The van der Waals surface area contributed by atoms with Crippen LogP contribution in [0, 0.1) is 19.8 Å². The molecular weight excluding hydrogens is 306 g/mol. The first-order valence-electron chi connectivity index (χ1n) is 9.04.